The van der Waals surface area contributed by atoms with Crippen LogP contribution in [0.3, 0.4) is 0 Å². The van der Waals surface area contributed by atoms with Gasteiger partial charge in [-0.3, -0.25) is 14.6 Å². The predicted octanol–water partition coefficient (Wildman–Crippen LogP) is 7.87. The maximum Gasteiger partial charge on any atom is 0.211 e. The number of ether oxygens (including phenoxy) is 1. The summed E-state index contributed by atoms with van der Waals surface area (Å²) in [6, 6.07) is 23.0. The lowest BCUT2D eigenvalue weighted by Crippen LogP contribution is -2.08. The van der Waals surface area contributed by atoms with Crippen molar-refractivity contribution in [2.45, 2.75) is 53.9 Å². The minimum atomic E-state index is -0.0174. The Kier molecular flexibility index (Phi) is 16.0. The van der Waals surface area contributed by atoms with Crippen molar-refractivity contribution in [3.8, 4) is 16.9 Å². The fourth-order valence-electron chi connectivity index (χ4n) is 4.12. The highest BCUT2D eigenvalue weighted by Gasteiger charge is 2.11. The van der Waals surface area contributed by atoms with Crippen molar-refractivity contribution in [3.63, 3.8) is 0 Å². The molecule has 3 aromatic carbocycles. The lowest BCUT2D eigenvalue weighted by atomic mass is 9.97. The van der Waals surface area contributed by atoms with E-state index in [9.17, 15) is 14.7 Å². The van der Waals surface area contributed by atoms with E-state index in [4.69, 9.17) is 0 Å². The first kappa shape index (κ1) is 34.7. The lowest BCUT2D eigenvalue weighted by molar-refractivity contribution is -0.112. The van der Waals surface area contributed by atoms with Crippen LogP contribution in [0.2, 0.25) is 0 Å². The van der Waals surface area contributed by atoms with E-state index >= 15 is 0 Å². The van der Waals surface area contributed by atoms with Crippen LogP contribution in [0.25, 0.3) is 22.4 Å². The minimum absolute atomic E-state index is 0.0174. The average Bonchev–Trinajstić information content (AvgIpc) is 2.95. The molecule has 3 aromatic rings. The van der Waals surface area contributed by atoms with E-state index in [1.54, 1.807) is 38.5 Å². The number of phenols is 1. The molecule has 0 aliphatic heterocycles. The number of methoxy groups -OCH3 is 1. The Morgan fingerprint density at radius 1 is 0.951 bits per heavy atom. The molecule has 1 amide bonds. The van der Waals surface area contributed by atoms with Crippen LogP contribution in [0.4, 0.5) is 0 Å². The summed E-state index contributed by atoms with van der Waals surface area (Å²) < 4.78 is 4.25. The molecule has 2 N–H and O–H groups in total. The molecule has 0 heterocycles. The number of aromatic hydroxyl groups is 1. The number of allylic oxidation sites excluding steroid dienone is 2. The second-order valence-corrected chi connectivity index (χ2v) is 9.41. The van der Waals surface area contributed by atoms with Gasteiger partial charge in [0.15, 0.2) is 5.78 Å². The number of carbonyl (C=O) groups excluding carboxylic acids is 2. The Labute approximate surface area is 245 Å². The molecule has 0 saturated carbocycles. The van der Waals surface area contributed by atoms with Gasteiger partial charge in [-0.1, -0.05) is 87.5 Å². The van der Waals surface area contributed by atoms with Crippen molar-refractivity contribution in [2.24, 2.45) is 4.99 Å². The van der Waals surface area contributed by atoms with E-state index in [0.717, 1.165) is 52.9 Å². The number of aryl methyl sites for hydroxylation is 1. The standard InChI is InChI=1S/C17H17NO.C16H21NO2.C2H6O/c1-3-14-8-10-15(11-9-14)17-7-5-4-6-16(17)13(2)18-12-19;1-5-6-11(2)17-12(3)16(13(4)18)14-7-9-15(19)10-8-14;1-3-2/h4-12H,2-3H2,1H3,(H,18,19);7-10,19H,5-6H2,1-4H3;1-2H3/b;16-12+,17-11?;. The average molecular weight is 557 g/mol. The molecule has 0 aliphatic rings. The van der Waals surface area contributed by atoms with Crippen LogP contribution in [0.15, 0.2) is 90.1 Å². The number of nitrogens with zero attached hydrogens (tertiary/aromatic N) is 1. The fourth-order valence-corrected chi connectivity index (χ4v) is 4.12. The van der Waals surface area contributed by atoms with Crippen LogP contribution >= 0.6 is 0 Å². The first-order valence-electron chi connectivity index (χ1n) is 13.7. The van der Waals surface area contributed by atoms with E-state index in [1.807, 2.05) is 38.1 Å². The maximum absolute atomic E-state index is 11.8. The lowest BCUT2D eigenvalue weighted by Gasteiger charge is -2.11. The number of ketones is 1. The minimum Gasteiger partial charge on any atom is -0.508 e. The number of benzene rings is 3. The molecule has 0 aromatic heterocycles. The zero-order valence-electron chi connectivity index (χ0n) is 25.5. The molecule has 0 unspecified atom stereocenters. The number of nitrogens with one attached hydrogen (secondary N) is 1. The van der Waals surface area contributed by atoms with E-state index in [0.29, 0.717) is 17.7 Å². The number of hydrogen-bond acceptors (Lipinski definition) is 5. The largest absolute Gasteiger partial charge is 0.508 e. The van der Waals surface area contributed by atoms with Gasteiger partial charge in [0.1, 0.15) is 5.75 Å². The Morgan fingerprint density at radius 2 is 1.54 bits per heavy atom. The van der Waals surface area contributed by atoms with E-state index < -0.39 is 0 Å². The van der Waals surface area contributed by atoms with Crippen molar-refractivity contribution in [1.29, 1.82) is 0 Å². The van der Waals surface area contributed by atoms with Gasteiger partial charge in [-0.2, -0.15) is 0 Å². The molecule has 0 aliphatic carbocycles. The van der Waals surface area contributed by atoms with Gasteiger partial charge in [0.25, 0.3) is 0 Å². The SMILES string of the molecule is C=C(NC=O)c1ccccc1-c1ccc(CC)cc1.CCCC(C)=N/C(C)=C(\C(C)=O)c1ccc(O)cc1.COC. The Bertz CT molecular complexity index is 1320. The predicted molar refractivity (Wildman–Crippen MR) is 172 cm³/mol. The Hall–Kier alpha value is -4.29. The molecule has 0 saturated heterocycles. The van der Waals surface area contributed by atoms with Gasteiger partial charge in [0, 0.05) is 42.5 Å². The van der Waals surface area contributed by atoms with Crippen LogP contribution in [-0.2, 0) is 20.7 Å². The fraction of sp³-hybridized carbons (Fsp3) is 0.286. The normalized spacial score (nSPS) is 11.1. The third kappa shape index (κ3) is 11.8. The zero-order valence-corrected chi connectivity index (χ0v) is 25.5. The van der Waals surface area contributed by atoms with Crippen molar-refractivity contribution in [3.05, 3.63) is 102 Å². The zero-order chi connectivity index (χ0) is 30.8. The second kappa shape index (κ2) is 18.9. The molecule has 0 radical (unpaired) electrons. The second-order valence-electron chi connectivity index (χ2n) is 9.41. The Balaban J connectivity index is 0.000000374. The third-order valence-electron chi connectivity index (χ3n) is 6.00. The summed E-state index contributed by atoms with van der Waals surface area (Å²) >= 11 is 0. The van der Waals surface area contributed by atoms with E-state index in [2.05, 4.69) is 59.7 Å². The Morgan fingerprint density at radius 3 is 2.05 bits per heavy atom. The van der Waals surface area contributed by atoms with Crippen LogP contribution in [0.5, 0.6) is 5.75 Å². The molecular formula is C35H44N2O4. The molecular weight excluding hydrogens is 512 g/mol. The number of Topliss-reactive ketones (excluding diaryl/α,β-unsaturated/α-hetero) is 1. The maximum atomic E-state index is 11.8. The molecule has 3 rings (SSSR count). The smallest absolute Gasteiger partial charge is 0.211 e. The van der Waals surface area contributed by atoms with Crippen molar-refractivity contribution in [1.82, 2.24) is 5.32 Å². The van der Waals surface area contributed by atoms with E-state index in [-0.39, 0.29) is 11.5 Å². The summed E-state index contributed by atoms with van der Waals surface area (Å²) in [7, 11) is 3.25. The summed E-state index contributed by atoms with van der Waals surface area (Å²) in [4.78, 5) is 26.9. The van der Waals surface area contributed by atoms with Crippen LogP contribution in [0.1, 0.15) is 64.2 Å². The highest BCUT2D eigenvalue weighted by Crippen LogP contribution is 2.27. The summed E-state index contributed by atoms with van der Waals surface area (Å²) in [6.45, 7) is 13.5. The van der Waals surface area contributed by atoms with Gasteiger partial charge >= 0.3 is 0 Å². The number of hydrogen-bond donors (Lipinski definition) is 2. The molecule has 0 fully saturated rings. The van der Waals surface area contributed by atoms with Gasteiger partial charge in [-0.25, -0.2) is 0 Å². The van der Waals surface area contributed by atoms with Gasteiger partial charge in [0.2, 0.25) is 6.41 Å². The first-order chi connectivity index (χ1) is 19.6. The molecule has 41 heavy (non-hydrogen) atoms. The first-order valence-corrected chi connectivity index (χ1v) is 13.7. The molecule has 6 heteroatoms. The summed E-state index contributed by atoms with van der Waals surface area (Å²) in [5.74, 6) is 0.172. The summed E-state index contributed by atoms with van der Waals surface area (Å²) in [5, 5.41) is 11.9. The van der Waals surface area contributed by atoms with Crippen molar-refractivity contribution < 1.29 is 19.4 Å². The number of rotatable bonds is 10. The topological polar surface area (TPSA) is 88.0 Å². The van der Waals surface area contributed by atoms with Gasteiger partial charge < -0.3 is 15.2 Å². The van der Waals surface area contributed by atoms with Gasteiger partial charge in [-0.05, 0) is 68.0 Å². The molecule has 0 atom stereocenters. The molecule has 218 valence electrons. The van der Waals surface area contributed by atoms with Crippen molar-refractivity contribution >= 4 is 29.2 Å². The number of aliphatic imine (C=N–C) groups is 1. The molecule has 6 nitrogen and oxygen atoms in total. The number of carbonyl (C=O) groups is 2. The van der Waals surface area contributed by atoms with Crippen molar-refractivity contribution in [2.75, 3.05) is 14.2 Å². The highest BCUT2D eigenvalue weighted by molar-refractivity contribution is 6.20. The van der Waals surface area contributed by atoms with Crippen LogP contribution in [0, 0.1) is 0 Å². The molecule has 0 spiro atoms. The van der Waals surface area contributed by atoms with Crippen LogP contribution < -0.4 is 5.32 Å². The highest BCUT2D eigenvalue weighted by atomic mass is 16.4. The summed E-state index contributed by atoms with van der Waals surface area (Å²) in [6.07, 6.45) is 3.65. The third-order valence-corrected chi connectivity index (χ3v) is 6.00. The molecule has 0 bridgehead atoms. The quantitative estimate of drug-likeness (QED) is 0.151. The number of phenolic OH excluding ortho intramolecular Hbond substituents is 1. The van der Waals surface area contributed by atoms with Crippen LogP contribution in [-0.4, -0.2) is 37.2 Å². The number of amides is 1. The van der Waals surface area contributed by atoms with Gasteiger partial charge in [-0.15, -0.1) is 0 Å². The van der Waals surface area contributed by atoms with E-state index in [1.165, 1.54) is 12.5 Å². The monoisotopic (exact) mass is 556 g/mol. The van der Waals surface area contributed by atoms with Gasteiger partial charge in [0.05, 0.1) is 0 Å². The summed E-state index contributed by atoms with van der Waals surface area (Å²) in [5.41, 5.74) is 8.22.